The van der Waals surface area contributed by atoms with Crippen LogP contribution in [0.15, 0.2) is 0 Å². The minimum Gasteiger partial charge on any atom is -0.350 e. The second-order valence-corrected chi connectivity index (χ2v) is 4.31. The van der Waals surface area contributed by atoms with Gasteiger partial charge in [-0.25, -0.2) is 0 Å². The van der Waals surface area contributed by atoms with Crippen molar-refractivity contribution in [2.45, 2.75) is 57.2 Å². The van der Waals surface area contributed by atoms with Crippen LogP contribution in [0.4, 0.5) is 0 Å². The highest BCUT2D eigenvalue weighted by Crippen LogP contribution is 2.52. The third-order valence-corrected chi connectivity index (χ3v) is 3.53. The molecular weight excluding hydrogens is 162 g/mol. The van der Waals surface area contributed by atoms with Crippen LogP contribution in [0.3, 0.4) is 0 Å². The number of ether oxygens (including phenoxy) is 1. The van der Waals surface area contributed by atoms with Gasteiger partial charge in [0, 0.05) is 0 Å². The number of rotatable bonds is 3. The van der Waals surface area contributed by atoms with E-state index in [1.54, 1.807) is 0 Å². The van der Waals surface area contributed by atoms with Crippen LogP contribution in [-0.2, 0) is 4.74 Å². The van der Waals surface area contributed by atoms with Gasteiger partial charge in [0.2, 0.25) is 0 Å². The molecule has 0 N–H and O–H groups in total. The van der Waals surface area contributed by atoms with E-state index in [0.29, 0.717) is 5.92 Å². The van der Waals surface area contributed by atoms with Crippen LogP contribution in [0.2, 0.25) is 0 Å². The van der Waals surface area contributed by atoms with Crippen molar-refractivity contribution in [3.63, 3.8) is 0 Å². The fourth-order valence-corrected chi connectivity index (χ4v) is 2.83. The molecule has 2 fully saturated rings. The van der Waals surface area contributed by atoms with Crippen molar-refractivity contribution in [2.24, 2.45) is 5.92 Å². The Morgan fingerprint density at radius 2 is 2.15 bits per heavy atom. The molecule has 0 radical (unpaired) electrons. The van der Waals surface area contributed by atoms with E-state index in [-0.39, 0.29) is 11.7 Å². The molecule has 1 saturated heterocycles. The van der Waals surface area contributed by atoms with E-state index in [1.165, 1.54) is 25.7 Å². The van der Waals surface area contributed by atoms with Gasteiger partial charge >= 0.3 is 0 Å². The first-order chi connectivity index (χ1) is 6.33. The molecule has 2 unspecified atom stereocenters. The largest absolute Gasteiger partial charge is 0.350 e. The van der Waals surface area contributed by atoms with Crippen molar-refractivity contribution in [3.8, 4) is 6.07 Å². The van der Waals surface area contributed by atoms with Crippen molar-refractivity contribution in [2.75, 3.05) is 0 Å². The summed E-state index contributed by atoms with van der Waals surface area (Å²) in [6, 6.07) is 2.27. The van der Waals surface area contributed by atoms with Crippen molar-refractivity contribution >= 4 is 0 Å². The zero-order chi connectivity index (χ0) is 9.31. The maximum absolute atomic E-state index is 8.85. The zero-order valence-corrected chi connectivity index (χ0v) is 8.25. The molecule has 1 aliphatic heterocycles. The smallest absolute Gasteiger partial charge is 0.173 e. The summed E-state index contributed by atoms with van der Waals surface area (Å²) in [6.45, 7) is 2.17. The highest BCUT2D eigenvalue weighted by Gasteiger charge is 2.60. The van der Waals surface area contributed by atoms with Crippen molar-refractivity contribution in [3.05, 3.63) is 0 Å². The molecule has 0 bridgehead atoms. The fourth-order valence-electron chi connectivity index (χ4n) is 2.83. The molecule has 2 rings (SSSR count). The van der Waals surface area contributed by atoms with Crippen molar-refractivity contribution in [1.82, 2.24) is 0 Å². The normalized spacial score (nSPS) is 38.9. The predicted molar refractivity (Wildman–Crippen MR) is 50.1 cm³/mol. The Labute approximate surface area is 79.9 Å². The molecule has 2 atom stereocenters. The van der Waals surface area contributed by atoms with E-state index in [4.69, 9.17) is 10.00 Å². The average molecular weight is 179 g/mol. The maximum atomic E-state index is 8.85. The van der Waals surface area contributed by atoms with E-state index in [2.05, 4.69) is 13.0 Å². The van der Waals surface area contributed by atoms with Gasteiger partial charge in [0.25, 0.3) is 0 Å². The third-order valence-electron chi connectivity index (χ3n) is 3.53. The Morgan fingerprint density at radius 3 is 2.62 bits per heavy atom. The van der Waals surface area contributed by atoms with Gasteiger partial charge in [-0.3, -0.25) is 0 Å². The Kier molecular flexibility index (Phi) is 2.29. The van der Waals surface area contributed by atoms with E-state index in [0.717, 1.165) is 12.8 Å². The van der Waals surface area contributed by atoms with Crippen LogP contribution in [0, 0.1) is 17.2 Å². The molecule has 2 aliphatic rings. The Bertz CT molecular complexity index is 227. The highest BCUT2D eigenvalue weighted by molar-refractivity contribution is 5.17. The molecule has 13 heavy (non-hydrogen) atoms. The number of hydrogen-bond donors (Lipinski definition) is 0. The molecule has 1 heterocycles. The average Bonchev–Trinajstić information content (AvgIpc) is 2.64. The summed E-state index contributed by atoms with van der Waals surface area (Å²) < 4.78 is 5.62. The van der Waals surface area contributed by atoms with Gasteiger partial charge in [-0.15, -0.1) is 0 Å². The zero-order valence-electron chi connectivity index (χ0n) is 8.25. The minimum atomic E-state index is -0.0875. The molecule has 1 aliphatic carbocycles. The Morgan fingerprint density at radius 1 is 1.46 bits per heavy atom. The molecule has 0 amide bonds. The lowest BCUT2D eigenvalue weighted by Gasteiger charge is -2.18. The molecule has 0 aromatic rings. The van der Waals surface area contributed by atoms with Crippen molar-refractivity contribution < 1.29 is 4.74 Å². The Balaban J connectivity index is 2.03. The molecule has 0 aromatic heterocycles. The van der Waals surface area contributed by atoms with Crippen LogP contribution in [-0.4, -0.2) is 11.7 Å². The van der Waals surface area contributed by atoms with Gasteiger partial charge in [-0.1, -0.05) is 26.2 Å². The first-order valence-corrected chi connectivity index (χ1v) is 5.41. The van der Waals surface area contributed by atoms with Gasteiger partial charge in [0.15, 0.2) is 6.10 Å². The molecule has 0 spiro atoms. The second-order valence-electron chi connectivity index (χ2n) is 4.31. The summed E-state index contributed by atoms with van der Waals surface area (Å²) in [5, 5.41) is 8.85. The van der Waals surface area contributed by atoms with Gasteiger partial charge in [-0.2, -0.15) is 5.26 Å². The first-order valence-electron chi connectivity index (χ1n) is 5.41. The Hall–Kier alpha value is -0.550. The highest BCUT2D eigenvalue weighted by atomic mass is 16.6. The lowest BCUT2D eigenvalue weighted by molar-refractivity contribution is 0.203. The first kappa shape index (κ1) is 9.02. The number of hydrogen-bond acceptors (Lipinski definition) is 2. The lowest BCUT2D eigenvalue weighted by Crippen LogP contribution is -2.24. The van der Waals surface area contributed by atoms with Gasteiger partial charge in [0.1, 0.15) is 5.60 Å². The van der Waals surface area contributed by atoms with E-state index in [9.17, 15) is 0 Å². The fraction of sp³-hybridized carbons (Fsp3) is 0.909. The molecule has 1 saturated carbocycles. The van der Waals surface area contributed by atoms with Crippen LogP contribution in [0.5, 0.6) is 0 Å². The number of epoxide rings is 1. The van der Waals surface area contributed by atoms with Gasteiger partial charge in [0.05, 0.1) is 6.07 Å². The minimum absolute atomic E-state index is 0.0139. The summed E-state index contributed by atoms with van der Waals surface area (Å²) >= 11 is 0. The summed E-state index contributed by atoms with van der Waals surface area (Å²) in [6.07, 6.45) is 7.34. The standard InChI is InChI=1S/C11H17NO/c1-2-7-11(10(8-12)13-11)9-5-3-4-6-9/h9-10H,2-7H2,1H3. The number of nitrogens with zero attached hydrogens (tertiary/aromatic N) is 1. The van der Waals surface area contributed by atoms with E-state index < -0.39 is 0 Å². The summed E-state index contributed by atoms with van der Waals surface area (Å²) in [5.41, 5.74) is -0.0139. The van der Waals surface area contributed by atoms with Crippen LogP contribution in [0.25, 0.3) is 0 Å². The van der Waals surface area contributed by atoms with E-state index in [1.807, 2.05) is 0 Å². The summed E-state index contributed by atoms with van der Waals surface area (Å²) in [4.78, 5) is 0. The monoisotopic (exact) mass is 179 g/mol. The summed E-state index contributed by atoms with van der Waals surface area (Å²) in [5.74, 6) is 0.678. The van der Waals surface area contributed by atoms with Crippen LogP contribution in [0.1, 0.15) is 45.4 Å². The quantitative estimate of drug-likeness (QED) is 0.624. The van der Waals surface area contributed by atoms with E-state index >= 15 is 0 Å². The topological polar surface area (TPSA) is 36.3 Å². The predicted octanol–water partition coefficient (Wildman–Crippen LogP) is 2.64. The van der Waals surface area contributed by atoms with Crippen molar-refractivity contribution in [1.29, 1.82) is 5.26 Å². The molecule has 72 valence electrons. The van der Waals surface area contributed by atoms with Crippen LogP contribution < -0.4 is 0 Å². The molecule has 2 heteroatoms. The molecular formula is C11H17NO. The SMILES string of the molecule is CCCC1(C2CCCC2)OC1C#N. The molecule has 2 nitrogen and oxygen atoms in total. The number of nitriles is 1. The summed E-state index contributed by atoms with van der Waals surface area (Å²) in [7, 11) is 0. The van der Waals surface area contributed by atoms with Gasteiger partial charge in [-0.05, 0) is 25.2 Å². The lowest BCUT2D eigenvalue weighted by atomic mass is 9.84. The molecule has 0 aromatic carbocycles. The third kappa shape index (κ3) is 1.36. The van der Waals surface area contributed by atoms with Gasteiger partial charge < -0.3 is 4.74 Å². The maximum Gasteiger partial charge on any atom is 0.173 e. The van der Waals surface area contributed by atoms with Crippen LogP contribution >= 0.6 is 0 Å². The second kappa shape index (κ2) is 3.31.